The van der Waals surface area contributed by atoms with Crippen LogP contribution in [0.25, 0.3) is 0 Å². The van der Waals surface area contributed by atoms with Gasteiger partial charge in [0.1, 0.15) is 11.5 Å². The molecule has 5 heteroatoms. The SMILES string of the molecule is CC(C)(C)OC(=O)[C@@H]1C[C@H]1[N+](=O)[O-]. The quantitative estimate of drug-likeness (QED) is 0.367. The third-order valence-corrected chi connectivity index (χ3v) is 1.74. The number of nitrogens with zero attached hydrogens (tertiary/aromatic N) is 1. The summed E-state index contributed by atoms with van der Waals surface area (Å²) in [7, 11) is 0. The lowest BCUT2D eigenvalue weighted by Crippen LogP contribution is -2.26. The summed E-state index contributed by atoms with van der Waals surface area (Å²) in [6.45, 7) is 5.23. The zero-order valence-electron chi connectivity index (χ0n) is 7.94. The van der Waals surface area contributed by atoms with E-state index in [2.05, 4.69) is 0 Å². The van der Waals surface area contributed by atoms with Crippen LogP contribution in [-0.4, -0.2) is 22.5 Å². The van der Waals surface area contributed by atoms with Crippen molar-refractivity contribution in [1.29, 1.82) is 0 Å². The van der Waals surface area contributed by atoms with Gasteiger partial charge in [0.05, 0.1) is 0 Å². The third kappa shape index (κ3) is 2.68. The zero-order chi connectivity index (χ0) is 10.2. The van der Waals surface area contributed by atoms with E-state index in [4.69, 9.17) is 4.74 Å². The Morgan fingerprint density at radius 2 is 2.08 bits per heavy atom. The van der Waals surface area contributed by atoms with Gasteiger partial charge in [-0.05, 0) is 20.8 Å². The van der Waals surface area contributed by atoms with Gasteiger partial charge in [0, 0.05) is 11.3 Å². The number of carbonyl (C=O) groups is 1. The Morgan fingerprint density at radius 3 is 2.38 bits per heavy atom. The van der Waals surface area contributed by atoms with Gasteiger partial charge in [0.2, 0.25) is 6.04 Å². The second-order valence-corrected chi connectivity index (χ2v) is 4.23. The Labute approximate surface area is 76.2 Å². The lowest BCUT2D eigenvalue weighted by molar-refractivity contribution is -0.497. The predicted molar refractivity (Wildman–Crippen MR) is 44.7 cm³/mol. The smallest absolute Gasteiger partial charge is 0.316 e. The largest absolute Gasteiger partial charge is 0.460 e. The van der Waals surface area contributed by atoms with E-state index >= 15 is 0 Å². The van der Waals surface area contributed by atoms with Crippen molar-refractivity contribution in [3.8, 4) is 0 Å². The molecule has 5 nitrogen and oxygen atoms in total. The lowest BCUT2D eigenvalue weighted by Gasteiger charge is -2.18. The van der Waals surface area contributed by atoms with Crippen LogP contribution in [0.1, 0.15) is 27.2 Å². The van der Waals surface area contributed by atoms with Crippen molar-refractivity contribution >= 4 is 5.97 Å². The second kappa shape index (κ2) is 2.97. The van der Waals surface area contributed by atoms with Crippen molar-refractivity contribution in [2.75, 3.05) is 0 Å². The predicted octanol–water partition coefficient (Wildman–Crippen LogP) is 0.993. The summed E-state index contributed by atoms with van der Waals surface area (Å²) in [5, 5.41) is 10.2. The summed E-state index contributed by atoms with van der Waals surface area (Å²) < 4.78 is 5.00. The first-order valence-corrected chi connectivity index (χ1v) is 4.17. The lowest BCUT2D eigenvalue weighted by atomic mass is 10.2. The van der Waals surface area contributed by atoms with Crippen LogP contribution < -0.4 is 0 Å². The molecule has 1 fully saturated rings. The fourth-order valence-corrected chi connectivity index (χ4v) is 1.05. The monoisotopic (exact) mass is 187 g/mol. The van der Waals surface area contributed by atoms with Crippen LogP contribution in [0.2, 0.25) is 0 Å². The van der Waals surface area contributed by atoms with E-state index < -0.39 is 28.5 Å². The van der Waals surface area contributed by atoms with Gasteiger partial charge in [0.15, 0.2) is 0 Å². The van der Waals surface area contributed by atoms with E-state index in [0.29, 0.717) is 6.42 Å². The van der Waals surface area contributed by atoms with Crippen molar-refractivity contribution < 1.29 is 14.5 Å². The van der Waals surface area contributed by atoms with Gasteiger partial charge in [-0.2, -0.15) is 0 Å². The Hall–Kier alpha value is -1.13. The van der Waals surface area contributed by atoms with Gasteiger partial charge < -0.3 is 4.74 Å². The van der Waals surface area contributed by atoms with E-state index in [9.17, 15) is 14.9 Å². The molecule has 0 bridgehead atoms. The molecule has 0 radical (unpaired) electrons. The number of rotatable bonds is 2. The summed E-state index contributed by atoms with van der Waals surface area (Å²) >= 11 is 0. The van der Waals surface area contributed by atoms with Crippen molar-refractivity contribution in [1.82, 2.24) is 0 Å². The van der Waals surface area contributed by atoms with E-state index in [-0.39, 0.29) is 0 Å². The molecule has 0 amide bonds. The summed E-state index contributed by atoms with van der Waals surface area (Å²) in [5.74, 6) is -0.969. The number of ether oxygens (including phenoxy) is 1. The molecule has 0 aliphatic heterocycles. The molecule has 0 N–H and O–H groups in total. The van der Waals surface area contributed by atoms with Crippen LogP contribution >= 0.6 is 0 Å². The summed E-state index contributed by atoms with van der Waals surface area (Å²) in [6, 6.07) is -0.713. The molecule has 1 rings (SSSR count). The highest BCUT2D eigenvalue weighted by atomic mass is 16.6. The maximum atomic E-state index is 11.2. The molecule has 0 aromatic rings. The van der Waals surface area contributed by atoms with E-state index in [1.165, 1.54) is 0 Å². The van der Waals surface area contributed by atoms with Gasteiger partial charge in [-0.15, -0.1) is 0 Å². The minimum absolute atomic E-state index is 0.321. The maximum absolute atomic E-state index is 11.2. The first-order valence-electron chi connectivity index (χ1n) is 4.17. The molecule has 0 aromatic heterocycles. The molecule has 0 aromatic carbocycles. The van der Waals surface area contributed by atoms with Gasteiger partial charge in [-0.1, -0.05) is 0 Å². The topological polar surface area (TPSA) is 69.4 Å². The third-order valence-electron chi connectivity index (χ3n) is 1.74. The van der Waals surface area contributed by atoms with Crippen molar-refractivity contribution in [3.05, 3.63) is 10.1 Å². The standard InChI is InChI=1S/C8H13NO4/c1-8(2,3)13-7(10)5-4-6(5)9(11)12/h5-6H,4H2,1-3H3/t5-,6-/m1/s1. The molecule has 13 heavy (non-hydrogen) atoms. The first kappa shape index (κ1) is 9.95. The van der Waals surface area contributed by atoms with Crippen molar-refractivity contribution in [2.24, 2.45) is 5.92 Å². The molecule has 2 atom stereocenters. The minimum Gasteiger partial charge on any atom is -0.460 e. The number of hydrogen-bond acceptors (Lipinski definition) is 4. The number of hydrogen-bond donors (Lipinski definition) is 0. The second-order valence-electron chi connectivity index (χ2n) is 4.23. The first-order chi connectivity index (χ1) is 5.81. The Morgan fingerprint density at radius 1 is 1.54 bits per heavy atom. The molecular formula is C8H13NO4. The van der Waals surface area contributed by atoms with E-state index in [1.54, 1.807) is 20.8 Å². The van der Waals surface area contributed by atoms with Gasteiger partial charge >= 0.3 is 5.97 Å². The Balaban J connectivity index is 2.40. The fourth-order valence-electron chi connectivity index (χ4n) is 1.05. The van der Waals surface area contributed by atoms with E-state index in [1.807, 2.05) is 0 Å². The van der Waals surface area contributed by atoms with Gasteiger partial charge in [0.25, 0.3) is 0 Å². The molecule has 0 spiro atoms. The molecule has 74 valence electrons. The zero-order valence-corrected chi connectivity index (χ0v) is 7.94. The van der Waals surface area contributed by atoms with Gasteiger partial charge in [-0.25, -0.2) is 0 Å². The average Bonchev–Trinajstić information content (AvgIpc) is 2.58. The van der Waals surface area contributed by atoms with Crippen LogP contribution in [-0.2, 0) is 9.53 Å². The normalized spacial score (nSPS) is 26.7. The summed E-state index contributed by atoms with van der Waals surface area (Å²) in [6.07, 6.45) is 0.321. The molecular weight excluding hydrogens is 174 g/mol. The highest BCUT2D eigenvalue weighted by Gasteiger charge is 2.55. The highest BCUT2D eigenvalue weighted by Crippen LogP contribution is 2.35. The highest BCUT2D eigenvalue weighted by molar-refractivity contribution is 5.76. The molecule has 1 aliphatic rings. The van der Waals surface area contributed by atoms with Gasteiger partial charge in [-0.3, -0.25) is 14.9 Å². The maximum Gasteiger partial charge on any atom is 0.316 e. The van der Waals surface area contributed by atoms with Crippen LogP contribution in [0, 0.1) is 16.0 Å². The van der Waals surface area contributed by atoms with Crippen LogP contribution in [0.4, 0.5) is 0 Å². The molecule has 0 unspecified atom stereocenters. The van der Waals surface area contributed by atoms with E-state index in [0.717, 1.165) is 0 Å². The number of nitro groups is 1. The minimum atomic E-state index is -0.713. The summed E-state index contributed by atoms with van der Waals surface area (Å²) in [4.78, 5) is 21.0. The summed E-state index contributed by atoms with van der Waals surface area (Å²) in [5.41, 5.74) is -0.555. The van der Waals surface area contributed by atoms with Crippen molar-refractivity contribution in [2.45, 2.75) is 38.8 Å². The van der Waals surface area contributed by atoms with Crippen molar-refractivity contribution in [3.63, 3.8) is 0 Å². The van der Waals surface area contributed by atoms with Crippen LogP contribution in [0.3, 0.4) is 0 Å². The molecule has 1 saturated carbocycles. The Bertz CT molecular complexity index is 243. The number of esters is 1. The molecule has 0 saturated heterocycles. The number of carbonyl (C=O) groups excluding carboxylic acids is 1. The molecule has 1 aliphatic carbocycles. The fraction of sp³-hybridized carbons (Fsp3) is 0.875. The van der Waals surface area contributed by atoms with Crippen LogP contribution in [0.5, 0.6) is 0 Å². The molecule has 0 heterocycles. The Kier molecular flexibility index (Phi) is 2.28. The van der Waals surface area contributed by atoms with Crippen LogP contribution in [0.15, 0.2) is 0 Å². The average molecular weight is 187 g/mol.